The van der Waals surface area contributed by atoms with Crippen LogP contribution in [-0.2, 0) is 11.2 Å². The first-order chi connectivity index (χ1) is 15.3. The summed E-state index contributed by atoms with van der Waals surface area (Å²) in [5.41, 5.74) is 2.28. The Morgan fingerprint density at radius 2 is 1.74 bits per heavy atom. The average Bonchev–Trinajstić information content (AvgIpc) is 3.48. The van der Waals surface area contributed by atoms with E-state index in [0.717, 1.165) is 40.1 Å². The van der Waals surface area contributed by atoms with Gasteiger partial charge in [-0.3, -0.25) is 9.36 Å². The Morgan fingerprint density at radius 1 is 0.968 bits per heavy atom. The smallest absolute Gasteiger partial charge is 0.220 e. The number of para-hydroxylation sites is 1. The summed E-state index contributed by atoms with van der Waals surface area (Å²) in [7, 11) is 0. The van der Waals surface area contributed by atoms with Crippen molar-refractivity contribution in [2.45, 2.75) is 24.4 Å². The molecule has 0 unspecified atom stereocenters. The van der Waals surface area contributed by atoms with Gasteiger partial charge in [-0.2, -0.15) is 0 Å². The van der Waals surface area contributed by atoms with Gasteiger partial charge in [-0.05, 0) is 42.0 Å². The summed E-state index contributed by atoms with van der Waals surface area (Å²) < 4.78 is 2.09. The first-order valence-corrected chi connectivity index (χ1v) is 12.2. The molecule has 0 aliphatic heterocycles. The highest BCUT2D eigenvalue weighted by molar-refractivity contribution is 7.99. The van der Waals surface area contributed by atoms with Gasteiger partial charge < -0.3 is 5.32 Å². The Kier molecular flexibility index (Phi) is 7.52. The maximum atomic E-state index is 12.1. The van der Waals surface area contributed by atoms with Crippen molar-refractivity contribution in [2.75, 3.05) is 12.3 Å². The highest BCUT2D eigenvalue weighted by Crippen LogP contribution is 2.30. The fraction of sp³-hybridized carbons (Fsp3) is 0.208. The Morgan fingerprint density at radius 3 is 2.48 bits per heavy atom. The topological polar surface area (TPSA) is 59.8 Å². The quantitative estimate of drug-likeness (QED) is 0.267. The van der Waals surface area contributed by atoms with Gasteiger partial charge in [0.25, 0.3) is 0 Å². The molecule has 1 N–H and O–H groups in total. The van der Waals surface area contributed by atoms with Crippen LogP contribution < -0.4 is 5.32 Å². The first kappa shape index (κ1) is 21.3. The molecule has 1 amide bonds. The zero-order chi connectivity index (χ0) is 21.3. The number of hydrogen-bond acceptors (Lipinski definition) is 5. The fourth-order valence-corrected chi connectivity index (χ4v) is 4.80. The van der Waals surface area contributed by atoms with Gasteiger partial charge in [-0.1, -0.05) is 66.4 Å². The summed E-state index contributed by atoms with van der Waals surface area (Å²) in [6.45, 7) is 0.669. The Balaban J connectivity index is 1.30. The molecular formula is C24H24N4OS2. The number of hydrogen-bond donors (Lipinski definition) is 1. The van der Waals surface area contributed by atoms with Crippen LogP contribution in [0.2, 0.25) is 0 Å². The number of thioether (sulfide) groups is 1. The highest BCUT2D eigenvalue weighted by Gasteiger charge is 2.16. The van der Waals surface area contributed by atoms with Crippen molar-refractivity contribution in [3.05, 3.63) is 83.7 Å². The molecule has 2 aromatic heterocycles. The van der Waals surface area contributed by atoms with E-state index in [2.05, 4.69) is 50.4 Å². The number of nitrogens with zero attached hydrogens (tertiary/aromatic N) is 3. The maximum Gasteiger partial charge on any atom is 0.220 e. The van der Waals surface area contributed by atoms with E-state index in [1.807, 2.05) is 47.8 Å². The third kappa shape index (κ3) is 5.83. The predicted molar refractivity (Wildman–Crippen MR) is 128 cm³/mol. The van der Waals surface area contributed by atoms with Crippen molar-refractivity contribution >= 4 is 29.0 Å². The standard InChI is InChI=1S/C24H24N4OS2/c29-22(25-16-15-19-9-3-1-4-10-19)14-8-18-31-24-27-26-23(21-13-7-17-30-21)28(24)20-11-5-2-6-12-20/h1-7,9-13,17H,8,14-16,18H2,(H,25,29). The van der Waals surface area contributed by atoms with Gasteiger partial charge in [0.2, 0.25) is 5.91 Å². The second-order valence-electron chi connectivity index (χ2n) is 6.99. The number of thiophene rings is 1. The molecule has 0 bridgehead atoms. The van der Waals surface area contributed by atoms with Crippen LogP contribution in [-0.4, -0.2) is 33.0 Å². The van der Waals surface area contributed by atoms with Gasteiger partial charge in [0.15, 0.2) is 11.0 Å². The molecule has 0 saturated heterocycles. The van der Waals surface area contributed by atoms with E-state index in [0.29, 0.717) is 13.0 Å². The van der Waals surface area contributed by atoms with Crippen molar-refractivity contribution in [3.63, 3.8) is 0 Å². The molecule has 0 spiro atoms. The SMILES string of the molecule is O=C(CCCSc1nnc(-c2cccs2)n1-c1ccccc1)NCCc1ccccc1. The minimum atomic E-state index is 0.0975. The van der Waals surface area contributed by atoms with Crippen LogP contribution in [0.15, 0.2) is 83.3 Å². The van der Waals surface area contributed by atoms with E-state index in [1.54, 1.807) is 23.1 Å². The molecule has 0 aliphatic carbocycles. The van der Waals surface area contributed by atoms with Gasteiger partial charge in [-0.15, -0.1) is 21.5 Å². The molecule has 0 atom stereocenters. The molecule has 31 heavy (non-hydrogen) atoms. The number of carbonyl (C=O) groups excluding carboxylic acids is 1. The lowest BCUT2D eigenvalue weighted by Gasteiger charge is -2.09. The molecule has 158 valence electrons. The van der Waals surface area contributed by atoms with Crippen LogP contribution in [0.3, 0.4) is 0 Å². The van der Waals surface area contributed by atoms with E-state index >= 15 is 0 Å². The van der Waals surface area contributed by atoms with Gasteiger partial charge in [-0.25, -0.2) is 0 Å². The minimum absolute atomic E-state index is 0.0975. The number of benzene rings is 2. The molecule has 4 aromatic rings. The van der Waals surface area contributed by atoms with Crippen molar-refractivity contribution in [3.8, 4) is 16.4 Å². The zero-order valence-electron chi connectivity index (χ0n) is 17.1. The van der Waals surface area contributed by atoms with Gasteiger partial charge in [0.1, 0.15) is 0 Å². The molecule has 0 aliphatic rings. The lowest BCUT2D eigenvalue weighted by atomic mass is 10.1. The lowest BCUT2D eigenvalue weighted by molar-refractivity contribution is -0.121. The third-order valence-electron chi connectivity index (χ3n) is 4.75. The average molecular weight is 449 g/mol. The summed E-state index contributed by atoms with van der Waals surface area (Å²) in [5, 5.41) is 14.8. The highest BCUT2D eigenvalue weighted by atomic mass is 32.2. The van der Waals surface area contributed by atoms with Crippen LogP contribution in [0.1, 0.15) is 18.4 Å². The first-order valence-electron chi connectivity index (χ1n) is 10.3. The minimum Gasteiger partial charge on any atom is -0.356 e. The summed E-state index contributed by atoms with van der Waals surface area (Å²) in [5.74, 6) is 1.75. The second-order valence-corrected chi connectivity index (χ2v) is 9.00. The van der Waals surface area contributed by atoms with Crippen LogP contribution >= 0.6 is 23.1 Å². The van der Waals surface area contributed by atoms with Gasteiger partial charge in [0, 0.05) is 24.4 Å². The van der Waals surface area contributed by atoms with Crippen LogP contribution in [0.5, 0.6) is 0 Å². The van der Waals surface area contributed by atoms with Crippen molar-refractivity contribution < 1.29 is 4.79 Å². The molecule has 4 rings (SSSR count). The van der Waals surface area contributed by atoms with Crippen LogP contribution in [0.25, 0.3) is 16.4 Å². The summed E-state index contributed by atoms with van der Waals surface area (Å²) in [6.07, 6.45) is 2.16. The molecule has 2 aromatic carbocycles. The van der Waals surface area contributed by atoms with E-state index < -0.39 is 0 Å². The van der Waals surface area contributed by atoms with E-state index in [1.165, 1.54) is 5.56 Å². The van der Waals surface area contributed by atoms with Crippen LogP contribution in [0.4, 0.5) is 0 Å². The molecular weight excluding hydrogens is 424 g/mol. The number of aromatic nitrogens is 3. The number of carbonyl (C=O) groups is 1. The zero-order valence-corrected chi connectivity index (χ0v) is 18.7. The maximum absolute atomic E-state index is 12.1. The normalized spacial score (nSPS) is 10.8. The van der Waals surface area contributed by atoms with Crippen LogP contribution in [0, 0.1) is 0 Å². The molecule has 0 saturated carbocycles. The summed E-state index contributed by atoms with van der Waals surface area (Å²) >= 11 is 3.29. The van der Waals surface area contributed by atoms with Gasteiger partial charge >= 0.3 is 0 Å². The van der Waals surface area contributed by atoms with E-state index in [4.69, 9.17) is 0 Å². The number of nitrogens with one attached hydrogen (secondary N) is 1. The molecule has 0 radical (unpaired) electrons. The van der Waals surface area contributed by atoms with Crippen molar-refractivity contribution in [1.29, 1.82) is 0 Å². The Bertz CT molecular complexity index is 1080. The summed E-state index contributed by atoms with van der Waals surface area (Å²) in [6, 6.07) is 24.4. The largest absolute Gasteiger partial charge is 0.356 e. The molecule has 0 fully saturated rings. The van der Waals surface area contributed by atoms with E-state index in [9.17, 15) is 4.79 Å². The molecule has 5 nitrogen and oxygen atoms in total. The monoisotopic (exact) mass is 448 g/mol. The number of rotatable bonds is 10. The summed E-state index contributed by atoms with van der Waals surface area (Å²) in [4.78, 5) is 13.2. The Labute approximate surface area is 190 Å². The number of amides is 1. The van der Waals surface area contributed by atoms with Crippen molar-refractivity contribution in [2.24, 2.45) is 0 Å². The molecule has 2 heterocycles. The van der Waals surface area contributed by atoms with E-state index in [-0.39, 0.29) is 5.91 Å². The second kappa shape index (κ2) is 10.9. The fourth-order valence-electron chi connectivity index (χ4n) is 3.21. The molecule has 7 heteroatoms. The third-order valence-corrected chi connectivity index (χ3v) is 6.63. The van der Waals surface area contributed by atoms with Gasteiger partial charge in [0.05, 0.1) is 4.88 Å². The Hall–Kier alpha value is -2.90. The predicted octanol–water partition coefficient (Wildman–Crippen LogP) is 5.23. The lowest BCUT2D eigenvalue weighted by Crippen LogP contribution is -2.25. The van der Waals surface area contributed by atoms with Crippen molar-refractivity contribution in [1.82, 2.24) is 20.1 Å².